The molecule has 2 aromatic heterocycles. The van der Waals surface area contributed by atoms with Gasteiger partial charge in [0.2, 0.25) is 0 Å². The second-order valence-electron chi connectivity index (χ2n) is 5.31. The minimum Gasteiger partial charge on any atom is -0.256 e. The maximum atomic E-state index is 12.1. The first-order chi connectivity index (χ1) is 12.7. The Kier molecular flexibility index (Phi) is 5.04. The molecule has 0 unspecified atom stereocenters. The van der Waals surface area contributed by atoms with Crippen molar-refractivity contribution in [1.82, 2.24) is 9.97 Å². The summed E-state index contributed by atoms with van der Waals surface area (Å²) in [6, 6.07) is 15.6. The van der Waals surface area contributed by atoms with E-state index in [1.165, 1.54) is 7.11 Å². The number of aromatic nitrogens is 2. The number of nitrogens with zero attached hydrogens (tertiary/aromatic N) is 2. The van der Waals surface area contributed by atoms with Crippen molar-refractivity contribution in [3.8, 4) is 5.75 Å². The minimum atomic E-state index is -7.30. The monoisotopic (exact) mass is 426 g/mol. The van der Waals surface area contributed by atoms with Crippen LogP contribution in [-0.2, 0) is 13.6 Å². The zero-order valence-corrected chi connectivity index (χ0v) is 15.0. The number of hydrogen-bond acceptors (Lipinski definition) is 3. The minimum absolute atomic E-state index is 0.264. The molecule has 2 heterocycles. The van der Waals surface area contributed by atoms with E-state index in [0.717, 1.165) is 33.9 Å². The first-order valence-corrected chi connectivity index (χ1v) is 9.47. The summed E-state index contributed by atoms with van der Waals surface area (Å²) >= 11 is -7.30. The molecule has 8 heteroatoms. The molecule has 0 aliphatic heterocycles. The Morgan fingerprint density at radius 1 is 0.778 bits per heavy atom. The predicted octanol–water partition coefficient (Wildman–Crippen LogP) is 5.33. The van der Waals surface area contributed by atoms with Crippen molar-refractivity contribution in [3.63, 3.8) is 0 Å². The number of halogens is 4. The van der Waals surface area contributed by atoms with Crippen LogP contribution < -0.4 is 9.20 Å². The smallest absolute Gasteiger partial charge is 0.0795 e. The fraction of sp³-hybridized carbons (Fsp3) is 0.0526. The Balaban J connectivity index is 0.000000157. The first kappa shape index (κ1) is 19.1. The van der Waals surface area contributed by atoms with Crippen LogP contribution in [0, 0.1) is 0 Å². The molecule has 146 valence electrons. The molecule has 0 spiro atoms. The predicted molar refractivity (Wildman–Crippen MR) is 94.1 cm³/mol. The van der Waals surface area contributed by atoms with Gasteiger partial charge in [-0.15, -0.1) is 0 Å². The van der Waals surface area contributed by atoms with Crippen molar-refractivity contribution in [2.75, 3.05) is 7.11 Å². The molecule has 0 saturated heterocycles. The molecule has 0 saturated carbocycles. The van der Waals surface area contributed by atoms with E-state index in [1.54, 1.807) is 6.20 Å². The molecule has 3 nitrogen and oxygen atoms in total. The standard InChI is InChI=1S/C12H8N2.C7H7O.Cu.4FH/c1-3-9-5-6-11-10(4-2-7-13-11)12(9)14-8-1;1-8-7-5-3-2-4-6-7;;;;;/h1-8H;3-6H,1H3;;4*1H/q;;+4;;;;/p-4. The van der Waals surface area contributed by atoms with Gasteiger partial charge in [-0.2, -0.15) is 0 Å². The number of pyridine rings is 2. The summed E-state index contributed by atoms with van der Waals surface area (Å²) in [5, 5.41) is 2.28. The van der Waals surface area contributed by atoms with Crippen LogP contribution in [0.5, 0.6) is 5.75 Å². The Bertz CT molecular complexity index is 1020. The molecule has 0 N–H and O–H groups in total. The summed E-state index contributed by atoms with van der Waals surface area (Å²) in [4.78, 5) is 8.66. The normalized spacial score (nSPS) is 12.7. The van der Waals surface area contributed by atoms with Crippen LogP contribution in [0.3, 0.4) is 0 Å². The van der Waals surface area contributed by atoms with Crippen molar-refractivity contribution in [2.24, 2.45) is 0 Å². The fourth-order valence-corrected chi connectivity index (χ4v) is 3.04. The number of rotatable bonds is 2. The molecule has 0 radical (unpaired) electrons. The molecule has 0 atom stereocenters. The average molecular weight is 427 g/mol. The fourth-order valence-electron chi connectivity index (χ4n) is 2.41. The molecule has 0 aliphatic carbocycles. The van der Waals surface area contributed by atoms with E-state index in [4.69, 9.17) is 0 Å². The summed E-state index contributed by atoms with van der Waals surface area (Å²) < 4.78 is 51.8. The second kappa shape index (κ2) is 7.13. The Morgan fingerprint density at radius 2 is 1.44 bits per heavy atom. The summed E-state index contributed by atoms with van der Waals surface area (Å²) in [6.45, 7) is 0. The van der Waals surface area contributed by atoms with E-state index in [0.29, 0.717) is 12.1 Å². The van der Waals surface area contributed by atoms with Gasteiger partial charge < -0.3 is 0 Å². The van der Waals surface area contributed by atoms with Gasteiger partial charge in [0.15, 0.2) is 0 Å². The van der Waals surface area contributed by atoms with E-state index in [2.05, 4.69) is 32.9 Å². The molecule has 0 amide bonds. The molecule has 2 aromatic carbocycles. The van der Waals surface area contributed by atoms with Crippen molar-refractivity contribution < 1.29 is 32.6 Å². The maximum Gasteiger partial charge on any atom is 0.0795 e. The maximum absolute atomic E-state index is 12.1. The van der Waals surface area contributed by atoms with E-state index < -0.39 is 18.1 Å². The molecule has 0 fully saturated rings. The molecule has 0 aliphatic rings. The topological polar surface area (TPSA) is 35.0 Å². The third-order valence-electron chi connectivity index (χ3n) is 3.64. The number of benzene rings is 2. The van der Waals surface area contributed by atoms with Gasteiger partial charge >= 0.3 is 74.1 Å². The van der Waals surface area contributed by atoms with Crippen LogP contribution in [0.15, 0.2) is 73.1 Å². The van der Waals surface area contributed by atoms with E-state index in [1.807, 2.05) is 24.4 Å². The molecule has 27 heavy (non-hydrogen) atoms. The van der Waals surface area contributed by atoms with Crippen molar-refractivity contribution in [3.05, 3.63) is 73.1 Å². The van der Waals surface area contributed by atoms with E-state index in [9.17, 15) is 14.2 Å². The molecule has 0 bridgehead atoms. The molecular weight excluding hydrogens is 412 g/mol. The van der Waals surface area contributed by atoms with E-state index in [-0.39, 0.29) is 5.75 Å². The van der Waals surface area contributed by atoms with Crippen LogP contribution in [0.1, 0.15) is 0 Å². The summed E-state index contributed by atoms with van der Waals surface area (Å²) in [6.07, 6.45) is 3.62. The van der Waals surface area contributed by atoms with Crippen molar-refractivity contribution in [1.29, 1.82) is 0 Å². The second-order valence-corrected chi connectivity index (χ2v) is 7.37. The molecule has 4 rings (SSSR count). The summed E-state index contributed by atoms with van der Waals surface area (Å²) in [5.41, 5.74) is 2.02. The van der Waals surface area contributed by atoms with Gasteiger partial charge in [0.05, 0.1) is 11.0 Å². The molecular formula is C19H15CuF4N2O. The third-order valence-corrected chi connectivity index (χ3v) is 4.78. The first-order valence-electron chi connectivity index (χ1n) is 7.58. The Morgan fingerprint density at radius 3 is 2.11 bits per heavy atom. The van der Waals surface area contributed by atoms with E-state index >= 15 is 0 Å². The summed E-state index contributed by atoms with van der Waals surface area (Å²) in [7, 11) is 1.32. The largest absolute Gasteiger partial charge is 0.256 e. The van der Waals surface area contributed by atoms with Crippen LogP contribution >= 0.6 is 0 Å². The third kappa shape index (κ3) is 4.53. The van der Waals surface area contributed by atoms with Crippen LogP contribution in [0.2, 0.25) is 0 Å². The van der Waals surface area contributed by atoms with Crippen molar-refractivity contribution in [2.45, 2.75) is 0 Å². The van der Waals surface area contributed by atoms with Crippen LogP contribution in [0.4, 0.5) is 14.2 Å². The molecule has 4 aromatic rings. The Labute approximate surface area is 155 Å². The van der Waals surface area contributed by atoms with Gasteiger partial charge in [0.1, 0.15) is 0 Å². The quantitative estimate of drug-likeness (QED) is 0.247. The average Bonchev–Trinajstić information content (AvgIpc) is 2.67. The van der Waals surface area contributed by atoms with Gasteiger partial charge in [-0.1, -0.05) is 12.1 Å². The van der Waals surface area contributed by atoms with Gasteiger partial charge in [0.25, 0.3) is 0 Å². The van der Waals surface area contributed by atoms with Gasteiger partial charge in [-0.05, 0) is 24.3 Å². The van der Waals surface area contributed by atoms with Gasteiger partial charge in [0, 0.05) is 23.2 Å². The zero-order valence-electron chi connectivity index (χ0n) is 14.0. The van der Waals surface area contributed by atoms with Crippen LogP contribution in [0.25, 0.3) is 21.8 Å². The zero-order chi connectivity index (χ0) is 19.5. The van der Waals surface area contributed by atoms with Gasteiger partial charge in [-0.3, -0.25) is 9.97 Å². The number of methoxy groups -OCH3 is 1. The van der Waals surface area contributed by atoms with Gasteiger partial charge in [-0.25, -0.2) is 0 Å². The number of ether oxygens (including phenoxy) is 1. The Hall–Kier alpha value is -2.70. The number of hydrogen-bond donors (Lipinski definition) is 0. The van der Waals surface area contributed by atoms with Crippen molar-refractivity contribution >= 4 is 26.3 Å². The number of fused-ring (bicyclic) bond motifs is 3. The SMILES string of the molecule is COc1cc[c]([Cu]([F])([F])([F])[F])cc1.c1cnc2c(c1)ccc1ncccc12. The van der Waals surface area contributed by atoms with Crippen LogP contribution in [-0.4, -0.2) is 17.1 Å². The summed E-state index contributed by atoms with van der Waals surface area (Å²) in [5.74, 6) is 0.264.